The smallest absolute Gasteiger partial charge is 0.248 e. The van der Waals surface area contributed by atoms with Gasteiger partial charge in [0.1, 0.15) is 18.1 Å². The number of nitriles is 1. The van der Waals surface area contributed by atoms with Crippen molar-refractivity contribution in [3.05, 3.63) is 59.2 Å². The van der Waals surface area contributed by atoms with Crippen LogP contribution in [0, 0.1) is 16.7 Å². The van der Waals surface area contributed by atoms with Crippen molar-refractivity contribution in [3.63, 3.8) is 0 Å². The van der Waals surface area contributed by atoms with Gasteiger partial charge in [0.15, 0.2) is 0 Å². The molecule has 0 bridgehead atoms. The lowest BCUT2D eigenvalue weighted by atomic mass is 10.1. The first-order valence-electron chi connectivity index (χ1n) is 8.80. The van der Waals surface area contributed by atoms with E-state index in [0.717, 1.165) is 11.1 Å². The molecule has 6 nitrogen and oxygen atoms in total. The molecule has 0 unspecified atom stereocenters. The molecule has 2 aromatic rings. The van der Waals surface area contributed by atoms with E-state index in [9.17, 15) is 4.79 Å². The van der Waals surface area contributed by atoms with Gasteiger partial charge in [0.05, 0.1) is 33.6 Å². The molecule has 3 rings (SSSR count). The zero-order chi connectivity index (χ0) is 21.1. The average molecular weight is 521 g/mol. The molecule has 29 heavy (non-hydrogen) atoms. The number of carbonyl (C=O) groups excluding carboxylic acids is 1. The van der Waals surface area contributed by atoms with E-state index in [1.165, 1.54) is 0 Å². The molecule has 1 fully saturated rings. The number of methoxy groups -OCH3 is 1. The van der Waals surface area contributed by atoms with Crippen molar-refractivity contribution in [1.82, 2.24) is 5.43 Å². The van der Waals surface area contributed by atoms with Crippen LogP contribution >= 0.6 is 31.9 Å². The number of ether oxygens (including phenoxy) is 2. The van der Waals surface area contributed by atoms with Gasteiger partial charge in [0.2, 0.25) is 5.91 Å². The maximum absolute atomic E-state index is 12.3. The van der Waals surface area contributed by atoms with Crippen LogP contribution in [0.5, 0.6) is 11.5 Å². The fraction of sp³-hybridized carbons (Fsp3) is 0.286. The van der Waals surface area contributed by atoms with E-state index in [1.54, 1.807) is 37.6 Å². The van der Waals surface area contributed by atoms with E-state index in [0.29, 0.717) is 23.5 Å². The standard InChI is InChI=1S/C21H19Br2N3O3/c1-20(13-21(20,22)23)19(27)26-25-11-15-5-8-18(28-2)16(9-15)12-29-17-6-3-14(10-24)4-7-17/h3-9,11H,12-13H2,1-2H3,(H,26,27)/t20-/m1/s1. The Morgan fingerprint density at radius 2 is 2.00 bits per heavy atom. The van der Waals surface area contributed by atoms with E-state index in [1.807, 2.05) is 25.1 Å². The van der Waals surface area contributed by atoms with Crippen molar-refractivity contribution in [1.29, 1.82) is 5.26 Å². The van der Waals surface area contributed by atoms with Crippen LogP contribution in [0.3, 0.4) is 0 Å². The summed E-state index contributed by atoms with van der Waals surface area (Å²) in [5.74, 6) is 1.19. The lowest BCUT2D eigenvalue weighted by molar-refractivity contribution is -0.125. The number of hydrogen-bond donors (Lipinski definition) is 1. The number of carbonyl (C=O) groups is 1. The highest BCUT2D eigenvalue weighted by molar-refractivity contribution is 9.25. The van der Waals surface area contributed by atoms with Crippen LogP contribution in [0.2, 0.25) is 0 Å². The highest BCUT2D eigenvalue weighted by Gasteiger charge is 2.66. The molecule has 1 aliphatic rings. The van der Waals surface area contributed by atoms with Crippen LogP contribution in [0.1, 0.15) is 30.0 Å². The Labute approximate surface area is 186 Å². The van der Waals surface area contributed by atoms with Gasteiger partial charge in [0, 0.05) is 5.56 Å². The summed E-state index contributed by atoms with van der Waals surface area (Å²) in [5.41, 5.74) is 4.28. The van der Waals surface area contributed by atoms with Gasteiger partial charge in [-0.15, -0.1) is 0 Å². The third-order valence-corrected chi connectivity index (χ3v) is 7.13. The predicted octanol–water partition coefficient (Wildman–Crippen LogP) is 4.49. The van der Waals surface area contributed by atoms with Crippen molar-refractivity contribution >= 4 is 44.0 Å². The third kappa shape index (κ3) is 4.80. The molecule has 1 amide bonds. The lowest BCUT2D eigenvalue weighted by Crippen LogP contribution is -2.29. The van der Waals surface area contributed by atoms with Gasteiger partial charge in [-0.1, -0.05) is 31.9 Å². The van der Waals surface area contributed by atoms with Gasteiger partial charge >= 0.3 is 0 Å². The Hall–Kier alpha value is -2.37. The Kier molecular flexibility index (Phi) is 6.30. The number of rotatable bonds is 7. The normalized spacial score (nSPS) is 19.4. The molecule has 8 heteroatoms. The average Bonchev–Trinajstić information content (AvgIpc) is 3.25. The summed E-state index contributed by atoms with van der Waals surface area (Å²) >= 11 is 6.95. The fourth-order valence-electron chi connectivity index (χ4n) is 2.71. The molecule has 1 aliphatic carbocycles. The highest BCUT2D eigenvalue weighted by Crippen LogP contribution is 2.66. The van der Waals surface area contributed by atoms with E-state index in [-0.39, 0.29) is 15.7 Å². The highest BCUT2D eigenvalue weighted by atomic mass is 79.9. The summed E-state index contributed by atoms with van der Waals surface area (Å²) < 4.78 is 10.8. The van der Waals surface area contributed by atoms with Crippen LogP contribution in [-0.2, 0) is 11.4 Å². The molecule has 0 radical (unpaired) electrons. The summed E-state index contributed by atoms with van der Waals surface area (Å²) in [7, 11) is 1.59. The monoisotopic (exact) mass is 519 g/mol. The van der Waals surface area contributed by atoms with Crippen LogP contribution in [-0.4, -0.2) is 22.5 Å². The summed E-state index contributed by atoms with van der Waals surface area (Å²) in [6.07, 6.45) is 2.28. The zero-order valence-corrected chi connectivity index (χ0v) is 19.1. The van der Waals surface area contributed by atoms with E-state index in [4.69, 9.17) is 14.7 Å². The first kappa shape index (κ1) is 21.3. The minimum absolute atomic E-state index is 0.152. The number of halogens is 2. The molecule has 1 atom stereocenters. The van der Waals surface area contributed by atoms with Crippen molar-refractivity contribution in [2.45, 2.75) is 23.2 Å². The van der Waals surface area contributed by atoms with Gasteiger partial charge < -0.3 is 9.47 Å². The van der Waals surface area contributed by atoms with E-state index < -0.39 is 5.41 Å². The molecule has 150 valence electrons. The van der Waals surface area contributed by atoms with Crippen LogP contribution in [0.25, 0.3) is 0 Å². The molecule has 1 N–H and O–H groups in total. The van der Waals surface area contributed by atoms with Crippen LogP contribution in [0.4, 0.5) is 0 Å². The summed E-state index contributed by atoms with van der Waals surface area (Å²) in [6.45, 7) is 2.16. The number of nitrogens with one attached hydrogen (secondary N) is 1. The largest absolute Gasteiger partial charge is 0.496 e. The van der Waals surface area contributed by atoms with Crippen molar-refractivity contribution in [2.75, 3.05) is 7.11 Å². The molecule has 1 saturated carbocycles. The molecule has 0 aliphatic heterocycles. The van der Waals surface area contributed by atoms with Crippen LogP contribution in [0.15, 0.2) is 47.6 Å². The Morgan fingerprint density at radius 1 is 1.31 bits per heavy atom. The minimum atomic E-state index is -0.523. The maximum atomic E-state index is 12.3. The van der Waals surface area contributed by atoms with Gasteiger partial charge in [-0.05, 0) is 61.4 Å². The zero-order valence-electron chi connectivity index (χ0n) is 15.9. The van der Waals surface area contributed by atoms with Gasteiger partial charge in [0.25, 0.3) is 0 Å². The molecule has 0 heterocycles. The molecular formula is C21H19Br2N3O3. The Morgan fingerprint density at radius 3 is 2.59 bits per heavy atom. The molecular weight excluding hydrogens is 502 g/mol. The van der Waals surface area contributed by atoms with Crippen molar-refractivity contribution in [3.8, 4) is 17.6 Å². The SMILES string of the molecule is COc1ccc(C=NNC(=O)[C@@]2(C)CC2(Br)Br)cc1COc1ccc(C#N)cc1. The number of nitrogens with zero attached hydrogens (tertiary/aromatic N) is 2. The molecule has 0 saturated heterocycles. The van der Waals surface area contributed by atoms with Crippen LogP contribution < -0.4 is 14.9 Å². The number of benzene rings is 2. The molecule has 2 aromatic carbocycles. The summed E-state index contributed by atoms with van der Waals surface area (Å²) in [4.78, 5) is 12.3. The molecule has 0 spiro atoms. The van der Waals surface area contributed by atoms with Gasteiger partial charge in [-0.2, -0.15) is 10.4 Å². The van der Waals surface area contributed by atoms with Gasteiger partial charge in [-0.3, -0.25) is 4.79 Å². The van der Waals surface area contributed by atoms with Gasteiger partial charge in [-0.25, -0.2) is 5.43 Å². The second-order valence-corrected chi connectivity index (χ2v) is 10.7. The summed E-state index contributed by atoms with van der Waals surface area (Å²) in [5, 5.41) is 12.9. The first-order chi connectivity index (χ1) is 13.8. The third-order valence-electron chi connectivity index (χ3n) is 4.82. The van der Waals surface area contributed by atoms with E-state index >= 15 is 0 Å². The topological polar surface area (TPSA) is 83.7 Å². The first-order valence-corrected chi connectivity index (χ1v) is 10.4. The number of amides is 1. The maximum Gasteiger partial charge on any atom is 0.248 e. The van der Waals surface area contributed by atoms with Crippen molar-refractivity contribution < 1.29 is 14.3 Å². The predicted molar refractivity (Wildman–Crippen MR) is 118 cm³/mol. The number of hydrogen-bond acceptors (Lipinski definition) is 5. The summed E-state index contributed by atoms with van der Waals surface area (Å²) in [6, 6.07) is 14.5. The second kappa shape index (κ2) is 8.56. The van der Waals surface area contributed by atoms with E-state index in [2.05, 4.69) is 48.5 Å². The lowest BCUT2D eigenvalue weighted by Gasteiger charge is -2.11. The quantitative estimate of drug-likeness (QED) is 0.331. The second-order valence-electron chi connectivity index (χ2n) is 6.91. The Bertz CT molecular complexity index is 984. The fourth-order valence-corrected chi connectivity index (χ4v) is 4.20. The minimum Gasteiger partial charge on any atom is -0.496 e. The Balaban J connectivity index is 1.65. The van der Waals surface area contributed by atoms with Crippen molar-refractivity contribution in [2.24, 2.45) is 10.5 Å². The molecule has 0 aromatic heterocycles. The number of hydrazone groups is 1. The number of alkyl halides is 2.